The van der Waals surface area contributed by atoms with Crippen LogP contribution in [-0.2, 0) is 33.3 Å². The number of quaternary nitrogens is 2. The molecule has 4 saturated carbocycles. The lowest BCUT2D eigenvalue weighted by Gasteiger charge is -2.64. The summed E-state index contributed by atoms with van der Waals surface area (Å²) < 4.78 is 14.7. The predicted molar refractivity (Wildman–Crippen MR) is 187 cm³/mol. The fraction of sp³-hybridized carbons (Fsp3) is 0.667. The third kappa shape index (κ3) is 3.29. The number of piperidine rings is 2. The van der Waals surface area contributed by atoms with Crippen molar-refractivity contribution in [3.63, 3.8) is 0 Å². The van der Waals surface area contributed by atoms with E-state index in [2.05, 4.69) is 14.1 Å². The number of nitrogens with zero attached hydrogens (tertiary/aromatic N) is 2. The standard InChI is InChI=1S/C42H48N2O8/c1-43(19-21-3-4-21)13-11-39-31-23-15-25(33(47)35(31)51-37(39)27(45)7-9-41(39,49)29(43)17-23)26-16-24-18-30-42(50)10-8-28(46)38-40(42,32(24)36(52-38)34(26)48)12-14-44(30,2)20-22-5-6-22/h15-16,21-22,29-30,37-38,49-50H,3-14,17-20H2,1-2H3/p+2/t29-,30-,37?,38?,39?,40?,41-,42-,43?,44?/m1/s1. The van der Waals surface area contributed by atoms with Crippen LogP contribution in [0.1, 0.15) is 86.5 Å². The van der Waals surface area contributed by atoms with E-state index in [0.29, 0.717) is 61.5 Å². The first-order chi connectivity index (χ1) is 24.8. The van der Waals surface area contributed by atoms with E-state index in [1.807, 2.05) is 12.1 Å². The van der Waals surface area contributed by atoms with Gasteiger partial charge in [0.1, 0.15) is 23.3 Å². The Labute approximate surface area is 303 Å². The van der Waals surface area contributed by atoms with Crippen molar-refractivity contribution in [2.45, 2.75) is 123 Å². The number of carbonyl (C=O) groups is 2. The highest BCUT2D eigenvalue weighted by atomic mass is 16.5. The van der Waals surface area contributed by atoms with Crippen LogP contribution in [-0.4, -0.2) is 117 Å². The van der Waals surface area contributed by atoms with E-state index in [9.17, 15) is 30.0 Å². The summed E-state index contributed by atoms with van der Waals surface area (Å²) in [5.41, 5.74) is 0.233. The van der Waals surface area contributed by atoms with E-state index < -0.39 is 34.2 Å². The van der Waals surface area contributed by atoms with Gasteiger partial charge in [-0.1, -0.05) is 0 Å². The number of hydrogen-bond donors (Lipinski definition) is 4. The average molecular weight is 711 g/mol. The van der Waals surface area contributed by atoms with Gasteiger partial charge in [0, 0.05) is 72.6 Å². The molecule has 0 amide bonds. The third-order valence-electron chi connectivity index (χ3n) is 17.1. The van der Waals surface area contributed by atoms with Crippen molar-refractivity contribution in [3.05, 3.63) is 34.4 Å². The van der Waals surface area contributed by atoms with Gasteiger partial charge in [-0.3, -0.25) is 9.59 Å². The highest BCUT2D eigenvalue weighted by Gasteiger charge is 2.78. The Morgan fingerprint density at radius 1 is 0.673 bits per heavy atom. The van der Waals surface area contributed by atoms with Crippen molar-refractivity contribution in [1.82, 2.24) is 0 Å². The van der Waals surface area contributed by atoms with E-state index in [4.69, 9.17) is 9.47 Å². The molecule has 0 aromatic heterocycles. The maximum Gasteiger partial charge on any atom is 0.174 e. The molecule has 2 saturated heterocycles. The number of likely N-dealkylation sites (tertiary alicyclic amines) is 2. The molecule has 4 heterocycles. The fourth-order valence-electron chi connectivity index (χ4n) is 14.4. The molecule has 10 aliphatic rings. The minimum Gasteiger partial charge on any atom is -0.504 e. The molecule has 0 radical (unpaired) electrons. The molecule has 274 valence electrons. The zero-order chi connectivity index (χ0) is 35.5. The van der Waals surface area contributed by atoms with Gasteiger partial charge in [0.05, 0.1) is 51.1 Å². The quantitative estimate of drug-likeness (QED) is 0.348. The highest BCUT2D eigenvalue weighted by Crippen LogP contribution is 2.70. The Morgan fingerprint density at radius 2 is 1.08 bits per heavy atom. The monoisotopic (exact) mass is 710 g/mol. The number of benzene rings is 2. The van der Waals surface area contributed by atoms with Crippen molar-refractivity contribution in [3.8, 4) is 34.1 Å². The van der Waals surface area contributed by atoms with Gasteiger partial charge in [-0.2, -0.15) is 0 Å². The number of phenols is 2. The molecule has 10 atom stereocenters. The minimum absolute atomic E-state index is 0.0251. The maximum absolute atomic E-state index is 13.7. The Hall–Kier alpha value is -3.18. The van der Waals surface area contributed by atoms with Crippen LogP contribution in [0.15, 0.2) is 12.1 Å². The number of Topliss-reactive ketones (excluding diaryl/α,β-unsaturated/α-hetero) is 2. The number of hydrogen-bond acceptors (Lipinski definition) is 8. The summed E-state index contributed by atoms with van der Waals surface area (Å²) in [7, 11) is 4.56. The van der Waals surface area contributed by atoms with Gasteiger partial charge in [-0.05, 0) is 61.8 Å². The lowest BCUT2D eigenvalue weighted by atomic mass is 9.48. The molecule has 6 fully saturated rings. The average Bonchev–Trinajstić information content (AvgIpc) is 4.03. The van der Waals surface area contributed by atoms with Gasteiger partial charge < -0.3 is 38.9 Å². The smallest absolute Gasteiger partial charge is 0.174 e. The second-order valence-corrected chi connectivity index (χ2v) is 19.6. The Balaban J connectivity index is 1.05. The van der Waals surface area contributed by atoms with Crippen LogP contribution in [0, 0.1) is 11.8 Å². The van der Waals surface area contributed by atoms with E-state index in [0.717, 1.165) is 57.4 Å². The third-order valence-corrected chi connectivity index (χ3v) is 17.1. The summed E-state index contributed by atoms with van der Waals surface area (Å²) >= 11 is 0. The first kappa shape index (κ1) is 31.2. The molecule has 12 rings (SSSR count). The van der Waals surface area contributed by atoms with Crippen molar-refractivity contribution >= 4 is 11.6 Å². The topological polar surface area (TPSA) is 134 Å². The summed E-state index contributed by atoms with van der Waals surface area (Å²) in [6.45, 7) is 3.71. The molecule has 2 aromatic carbocycles. The van der Waals surface area contributed by atoms with Crippen LogP contribution in [0.25, 0.3) is 11.1 Å². The van der Waals surface area contributed by atoms with Crippen LogP contribution < -0.4 is 9.47 Å². The van der Waals surface area contributed by atoms with Crippen LogP contribution in [0.3, 0.4) is 0 Å². The molecule has 2 aromatic rings. The SMILES string of the molecule is C[N+]1(CC2CC2)CCC23c4c5cc(-c6cc7c8c(c6O)OC6C(=O)CC[C@@]9(O)[C@@H](C7)[N+](C)(CC7CC7)CCC869)c(O)c4OC2C(=O)CC[C@@]3(O)[C@H]1C5. The zero-order valence-electron chi connectivity index (χ0n) is 30.2. The van der Waals surface area contributed by atoms with Gasteiger partial charge >= 0.3 is 0 Å². The van der Waals surface area contributed by atoms with Gasteiger partial charge in [-0.25, -0.2) is 0 Å². The highest BCUT2D eigenvalue weighted by molar-refractivity contribution is 5.94. The molecule has 10 heteroatoms. The Morgan fingerprint density at radius 3 is 1.46 bits per heavy atom. The largest absolute Gasteiger partial charge is 0.504 e. The van der Waals surface area contributed by atoms with Gasteiger partial charge in [-0.15, -0.1) is 0 Å². The van der Waals surface area contributed by atoms with Gasteiger partial charge in [0.25, 0.3) is 0 Å². The zero-order valence-corrected chi connectivity index (χ0v) is 30.2. The molecule has 2 spiro atoms. The van der Waals surface area contributed by atoms with E-state index >= 15 is 0 Å². The van der Waals surface area contributed by atoms with Gasteiger partial charge in [0.15, 0.2) is 46.8 Å². The summed E-state index contributed by atoms with van der Waals surface area (Å²) in [4.78, 5) is 27.4. The number of aromatic hydroxyl groups is 2. The van der Waals surface area contributed by atoms with Crippen LogP contribution in [0.2, 0.25) is 0 Å². The molecule has 6 aliphatic carbocycles. The summed E-state index contributed by atoms with van der Waals surface area (Å²) in [5.74, 6) is 1.53. The van der Waals surface area contributed by atoms with Crippen LogP contribution >= 0.6 is 0 Å². The van der Waals surface area contributed by atoms with Crippen LogP contribution in [0.4, 0.5) is 0 Å². The first-order valence-corrected chi connectivity index (χ1v) is 20.1. The number of rotatable bonds is 5. The number of aliphatic hydroxyl groups is 2. The first-order valence-electron chi connectivity index (χ1n) is 20.1. The Kier molecular flexibility index (Phi) is 5.51. The van der Waals surface area contributed by atoms with E-state index in [1.165, 1.54) is 25.7 Å². The van der Waals surface area contributed by atoms with Crippen molar-refractivity contribution < 1.29 is 48.5 Å². The lowest BCUT2D eigenvalue weighted by molar-refractivity contribution is -0.950. The molecule has 52 heavy (non-hydrogen) atoms. The lowest BCUT2D eigenvalue weighted by Crippen LogP contribution is -2.80. The minimum atomic E-state index is -1.13. The molecular formula is C42H50N2O8+2. The molecule has 4 bridgehead atoms. The summed E-state index contributed by atoms with van der Waals surface area (Å²) in [6, 6.07) is 3.71. The Bertz CT molecular complexity index is 1930. The molecule has 10 nitrogen and oxygen atoms in total. The molecule has 6 unspecified atom stereocenters. The van der Waals surface area contributed by atoms with Gasteiger partial charge in [0.2, 0.25) is 0 Å². The van der Waals surface area contributed by atoms with E-state index in [1.54, 1.807) is 0 Å². The summed E-state index contributed by atoms with van der Waals surface area (Å²) in [5, 5.41) is 50.3. The van der Waals surface area contributed by atoms with E-state index in [-0.39, 0.29) is 59.5 Å². The second kappa shape index (κ2) is 9.19. The van der Waals surface area contributed by atoms with Crippen molar-refractivity contribution in [1.29, 1.82) is 0 Å². The molecular weight excluding hydrogens is 660 g/mol. The maximum atomic E-state index is 13.7. The van der Waals surface area contributed by atoms with Crippen molar-refractivity contribution in [2.75, 3.05) is 40.3 Å². The second-order valence-electron chi connectivity index (χ2n) is 19.6. The normalized spacial score (nSPS) is 45.6. The molecule has 4 aliphatic heterocycles. The number of ketones is 2. The predicted octanol–water partition coefficient (Wildman–Crippen LogP) is 3.32. The molecule has 4 N–H and O–H groups in total. The van der Waals surface area contributed by atoms with Crippen molar-refractivity contribution in [2.24, 2.45) is 11.8 Å². The van der Waals surface area contributed by atoms with Crippen LogP contribution in [0.5, 0.6) is 23.0 Å². The summed E-state index contributed by atoms with van der Waals surface area (Å²) in [6.07, 6.45) is 6.86. The number of carbonyl (C=O) groups excluding carboxylic acids is 2. The number of phenolic OH excluding ortho intramolecular Hbond substituents is 2. The number of ether oxygens (including phenoxy) is 2. The number of likely N-dealkylation sites (N-methyl/N-ethyl adjacent to an activating group) is 2. The fourth-order valence-corrected chi connectivity index (χ4v) is 14.4.